The summed E-state index contributed by atoms with van der Waals surface area (Å²) < 4.78 is 39.3. The molecular weight excluding hydrogens is 904 g/mol. The van der Waals surface area contributed by atoms with Crippen molar-refractivity contribution in [3.63, 3.8) is 0 Å². The summed E-state index contributed by atoms with van der Waals surface area (Å²) in [7, 11) is -4.76. The van der Waals surface area contributed by atoms with Gasteiger partial charge in [-0.15, -0.1) is 0 Å². The third-order valence-corrected chi connectivity index (χ3v) is 12.6. The van der Waals surface area contributed by atoms with Gasteiger partial charge in [0, 0.05) is 12.8 Å². The minimum Gasteiger partial charge on any atom is -0.461 e. The molecule has 0 radical (unpaired) electrons. The molecule has 0 aromatic heterocycles. The molecule has 0 aromatic rings. The van der Waals surface area contributed by atoms with Crippen LogP contribution in [0.25, 0.3) is 0 Å². The van der Waals surface area contributed by atoms with Gasteiger partial charge < -0.3 is 24.2 Å². The van der Waals surface area contributed by atoms with Gasteiger partial charge in [-0.25, -0.2) is 4.57 Å². The van der Waals surface area contributed by atoms with E-state index in [2.05, 4.69) is 75.5 Å². The standard InChI is InChI=1S/C58H101O11P/c1-4-7-10-13-16-19-22-25-27-30-32-35-38-41-44-47-56(60)65-51-55(69-58(62)49-46-43-40-37-34-31-28-26-23-20-17-14-11-8-5-2)53-67-70(63,64)66-52-54(50-59)68-57(61)48-45-42-39-36-33-29-24-21-18-15-12-9-6-3/h7,10,16,19,25-28,32,35,41,44,54-55,59H,4-6,8-9,11-15,17-18,20-24,29-31,33-34,36-40,42-43,45-53H2,1-3H3,(H,63,64)/b10-7-,19-16-,27-25-,28-26-,35-32-,44-41-. The second-order valence-electron chi connectivity index (χ2n) is 18.4. The van der Waals surface area contributed by atoms with E-state index < -0.39 is 64.4 Å². The Labute approximate surface area is 427 Å². The Morgan fingerprint density at radius 1 is 0.429 bits per heavy atom. The first-order valence-electron chi connectivity index (χ1n) is 27.8. The van der Waals surface area contributed by atoms with Crippen molar-refractivity contribution < 1.29 is 52.2 Å². The number of allylic oxidation sites excluding steroid dienone is 11. The first kappa shape index (κ1) is 66.9. The number of hydrogen-bond acceptors (Lipinski definition) is 10. The van der Waals surface area contributed by atoms with E-state index in [1.165, 1.54) is 96.3 Å². The molecule has 12 heteroatoms. The number of unbranched alkanes of at least 4 members (excludes halogenated alkanes) is 23. The third kappa shape index (κ3) is 49.9. The van der Waals surface area contributed by atoms with Gasteiger partial charge in [0.2, 0.25) is 0 Å². The Kier molecular flexibility index (Phi) is 50.0. The van der Waals surface area contributed by atoms with E-state index >= 15 is 0 Å². The molecule has 3 unspecified atom stereocenters. The molecule has 11 nitrogen and oxygen atoms in total. The summed E-state index contributed by atoms with van der Waals surface area (Å²) in [6.45, 7) is 4.41. The van der Waals surface area contributed by atoms with Gasteiger partial charge in [0.25, 0.3) is 0 Å². The molecule has 0 saturated heterocycles. The zero-order valence-electron chi connectivity index (χ0n) is 44.5. The summed E-state index contributed by atoms with van der Waals surface area (Å²) >= 11 is 0. The number of ether oxygens (including phenoxy) is 3. The number of rotatable bonds is 51. The fraction of sp³-hybridized carbons (Fsp3) is 0.741. The Hall–Kier alpha value is -3.08. The number of aliphatic hydroxyl groups is 1. The largest absolute Gasteiger partial charge is 0.472 e. The monoisotopic (exact) mass is 1000 g/mol. The number of phosphoric ester groups is 1. The maximum Gasteiger partial charge on any atom is 0.472 e. The van der Waals surface area contributed by atoms with E-state index in [-0.39, 0.29) is 19.3 Å². The van der Waals surface area contributed by atoms with E-state index in [1.807, 2.05) is 12.2 Å². The maximum absolute atomic E-state index is 12.9. The van der Waals surface area contributed by atoms with E-state index in [0.29, 0.717) is 19.3 Å². The lowest BCUT2D eigenvalue weighted by Gasteiger charge is -2.21. The van der Waals surface area contributed by atoms with E-state index in [4.69, 9.17) is 23.3 Å². The van der Waals surface area contributed by atoms with Gasteiger partial charge in [-0.2, -0.15) is 0 Å². The number of carbonyl (C=O) groups is 3. The van der Waals surface area contributed by atoms with Crippen LogP contribution in [-0.4, -0.2) is 66.5 Å². The molecule has 0 aliphatic rings. The van der Waals surface area contributed by atoms with E-state index in [1.54, 1.807) is 6.08 Å². The van der Waals surface area contributed by atoms with Gasteiger partial charge >= 0.3 is 25.7 Å². The SMILES string of the molecule is CC/C=C\C/C=C\C/C=C\C/C=C\C/C=C\CC(=O)OCC(COP(=O)(O)OCC(CO)OC(=O)CCCCCCCCCCCCCCC)OC(=O)CCCCCCC/C=C\CCCCCCCC. The molecule has 0 saturated carbocycles. The Bertz CT molecular complexity index is 1450. The lowest BCUT2D eigenvalue weighted by molar-refractivity contribution is -0.161. The minimum absolute atomic E-state index is 0.00775. The smallest absolute Gasteiger partial charge is 0.461 e. The molecule has 0 aromatic carbocycles. The van der Waals surface area contributed by atoms with Gasteiger partial charge in [-0.1, -0.05) is 222 Å². The normalized spacial score (nSPS) is 14.0. The maximum atomic E-state index is 12.9. The van der Waals surface area contributed by atoms with Crippen molar-refractivity contribution in [2.45, 2.75) is 251 Å². The highest BCUT2D eigenvalue weighted by molar-refractivity contribution is 7.47. The van der Waals surface area contributed by atoms with Crippen molar-refractivity contribution in [1.82, 2.24) is 0 Å². The molecule has 0 fully saturated rings. The molecule has 0 aliphatic carbocycles. The van der Waals surface area contributed by atoms with Gasteiger partial charge in [0.05, 0.1) is 26.2 Å². The van der Waals surface area contributed by atoms with Crippen molar-refractivity contribution in [3.8, 4) is 0 Å². The summed E-state index contributed by atoms with van der Waals surface area (Å²) in [5, 5.41) is 9.79. The molecule has 404 valence electrons. The summed E-state index contributed by atoms with van der Waals surface area (Å²) in [5.74, 6) is -1.62. The van der Waals surface area contributed by atoms with Gasteiger partial charge in [0.1, 0.15) is 12.7 Å². The zero-order chi connectivity index (χ0) is 51.3. The number of hydrogen-bond donors (Lipinski definition) is 2. The van der Waals surface area contributed by atoms with Gasteiger partial charge in [-0.05, 0) is 70.6 Å². The Morgan fingerprint density at radius 2 is 0.786 bits per heavy atom. The topological polar surface area (TPSA) is 155 Å². The molecule has 0 heterocycles. The molecule has 3 atom stereocenters. The zero-order valence-corrected chi connectivity index (χ0v) is 45.4. The van der Waals surface area contributed by atoms with Crippen molar-refractivity contribution >= 4 is 25.7 Å². The number of carbonyl (C=O) groups excluding carboxylic acids is 3. The lowest BCUT2D eigenvalue weighted by Crippen LogP contribution is -2.30. The average molecular weight is 1010 g/mol. The van der Waals surface area contributed by atoms with Crippen LogP contribution in [0.1, 0.15) is 239 Å². The fourth-order valence-corrected chi connectivity index (χ4v) is 8.21. The van der Waals surface area contributed by atoms with Crippen LogP contribution >= 0.6 is 7.82 Å². The highest BCUT2D eigenvalue weighted by Gasteiger charge is 2.28. The van der Waals surface area contributed by atoms with Crippen LogP contribution in [0.4, 0.5) is 0 Å². The van der Waals surface area contributed by atoms with Crippen LogP contribution in [0, 0.1) is 0 Å². The molecule has 0 spiro atoms. The van der Waals surface area contributed by atoms with Crippen LogP contribution in [0.5, 0.6) is 0 Å². The second-order valence-corrected chi connectivity index (χ2v) is 19.8. The average Bonchev–Trinajstić information content (AvgIpc) is 3.35. The van der Waals surface area contributed by atoms with Crippen LogP contribution in [0.15, 0.2) is 72.9 Å². The first-order valence-corrected chi connectivity index (χ1v) is 29.3. The number of phosphoric acid groups is 1. The predicted molar refractivity (Wildman–Crippen MR) is 288 cm³/mol. The van der Waals surface area contributed by atoms with Crippen LogP contribution < -0.4 is 0 Å². The van der Waals surface area contributed by atoms with Crippen molar-refractivity contribution in [2.24, 2.45) is 0 Å². The second kappa shape index (κ2) is 52.2. The summed E-state index contributed by atoms with van der Waals surface area (Å²) in [5.41, 5.74) is 0. The third-order valence-electron chi connectivity index (χ3n) is 11.6. The van der Waals surface area contributed by atoms with Crippen LogP contribution in [-0.2, 0) is 42.2 Å². The first-order chi connectivity index (χ1) is 34.2. The molecule has 0 rings (SSSR count). The van der Waals surface area contributed by atoms with E-state index in [9.17, 15) is 28.9 Å². The molecule has 0 aliphatic heterocycles. The Morgan fingerprint density at radius 3 is 1.20 bits per heavy atom. The van der Waals surface area contributed by atoms with Crippen molar-refractivity contribution in [3.05, 3.63) is 72.9 Å². The predicted octanol–water partition coefficient (Wildman–Crippen LogP) is 16.1. The Balaban J connectivity index is 4.84. The van der Waals surface area contributed by atoms with E-state index in [0.717, 1.165) is 83.5 Å². The fourth-order valence-electron chi connectivity index (χ4n) is 7.42. The van der Waals surface area contributed by atoms with Crippen LogP contribution in [0.3, 0.4) is 0 Å². The molecule has 70 heavy (non-hydrogen) atoms. The molecule has 0 amide bonds. The van der Waals surface area contributed by atoms with Crippen molar-refractivity contribution in [1.29, 1.82) is 0 Å². The number of esters is 3. The summed E-state index contributed by atoms with van der Waals surface area (Å²) in [6.07, 6.45) is 57.5. The number of aliphatic hydroxyl groups excluding tert-OH is 1. The molecule has 0 bridgehead atoms. The quantitative estimate of drug-likeness (QED) is 0.0197. The highest BCUT2D eigenvalue weighted by atomic mass is 31.2. The van der Waals surface area contributed by atoms with Crippen LogP contribution in [0.2, 0.25) is 0 Å². The summed E-state index contributed by atoms with van der Waals surface area (Å²) in [6, 6.07) is 0. The molecular formula is C58H101O11P. The summed E-state index contributed by atoms with van der Waals surface area (Å²) in [4.78, 5) is 48.4. The minimum atomic E-state index is -4.76. The van der Waals surface area contributed by atoms with Gasteiger partial charge in [0.15, 0.2) is 6.10 Å². The lowest BCUT2D eigenvalue weighted by atomic mass is 10.0. The highest BCUT2D eigenvalue weighted by Crippen LogP contribution is 2.43. The van der Waals surface area contributed by atoms with Crippen molar-refractivity contribution in [2.75, 3.05) is 26.4 Å². The molecule has 2 N–H and O–H groups in total. The van der Waals surface area contributed by atoms with Gasteiger partial charge in [-0.3, -0.25) is 23.4 Å².